The Kier molecular flexibility index (Phi) is 13.5. The van der Waals surface area contributed by atoms with E-state index in [4.69, 9.17) is 23.7 Å². The van der Waals surface area contributed by atoms with E-state index in [1.165, 1.54) is 7.11 Å². The van der Waals surface area contributed by atoms with E-state index in [0.29, 0.717) is 59.5 Å². The van der Waals surface area contributed by atoms with Gasteiger partial charge in [0.1, 0.15) is 12.4 Å². The lowest BCUT2D eigenvalue weighted by molar-refractivity contribution is -0.141. The van der Waals surface area contributed by atoms with Crippen LogP contribution in [0.3, 0.4) is 0 Å². The summed E-state index contributed by atoms with van der Waals surface area (Å²) in [5, 5.41) is 0. The van der Waals surface area contributed by atoms with Crippen molar-refractivity contribution in [1.29, 1.82) is 0 Å². The normalized spacial score (nSPS) is 10.6. The first kappa shape index (κ1) is 21.4. The van der Waals surface area contributed by atoms with E-state index in [1.807, 2.05) is 30.3 Å². The Morgan fingerprint density at radius 2 is 1.20 bits per heavy atom. The molecule has 0 N–H and O–H groups in total. The monoisotopic (exact) mass is 356 g/mol. The number of carbonyl (C=O) groups excluding carboxylic acids is 1. The lowest BCUT2D eigenvalue weighted by Gasteiger charge is -2.08. The first-order chi connectivity index (χ1) is 12.3. The summed E-state index contributed by atoms with van der Waals surface area (Å²) in [4.78, 5) is 10.8. The molecule has 7 heteroatoms. The summed E-state index contributed by atoms with van der Waals surface area (Å²) >= 11 is 0. The molecular formula is C18H28O7. The lowest BCUT2D eigenvalue weighted by Crippen LogP contribution is -2.14. The number of ether oxygens (including phenoxy) is 6. The number of benzene rings is 1. The van der Waals surface area contributed by atoms with Gasteiger partial charge in [0.25, 0.3) is 0 Å². The number of hydrogen-bond acceptors (Lipinski definition) is 7. The van der Waals surface area contributed by atoms with Crippen LogP contribution in [0.1, 0.15) is 6.42 Å². The van der Waals surface area contributed by atoms with Crippen LogP contribution < -0.4 is 4.74 Å². The molecule has 1 aromatic carbocycles. The molecule has 0 amide bonds. The predicted octanol–water partition coefficient (Wildman–Crippen LogP) is 1.69. The summed E-state index contributed by atoms with van der Waals surface area (Å²) in [7, 11) is 1.36. The summed E-state index contributed by atoms with van der Waals surface area (Å²) in [6.45, 7) is 4.35. The highest BCUT2D eigenvalue weighted by molar-refractivity contribution is 5.69. The minimum Gasteiger partial charge on any atom is -0.491 e. The molecule has 1 rings (SSSR count). The molecule has 0 aliphatic heterocycles. The number of rotatable bonds is 16. The maximum absolute atomic E-state index is 10.8. The average molecular weight is 356 g/mol. The zero-order valence-electron chi connectivity index (χ0n) is 14.8. The quantitative estimate of drug-likeness (QED) is 0.330. The lowest BCUT2D eigenvalue weighted by atomic mass is 10.3. The maximum atomic E-state index is 10.8. The zero-order valence-corrected chi connectivity index (χ0v) is 14.8. The Morgan fingerprint density at radius 1 is 0.720 bits per heavy atom. The van der Waals surface area contributed by atoms with Crippen molar-refractivity contribution in [2.24, 2.45) is 0 Å². The summed E-state index contributed by atoms with van der Waals surface area (Å²) in [5.74, 6) is 0.567. The Hall–Kier alpha value is -1.67. The fraction of sp³-hybridized carbons (Fsp3) is 0.611. The molecule has 0 saturated heterocycles. The Labute approximate surface area is 149 Å². The van der Waals surface area contributed by atoms with Gasteiger partial charge in [0, 0.05) is 0 Å². The van der Waals surface area contributed by atoms with Crippen molar-refractivity contribution in [3.05, 3.63) is 30.3 Å². The van der Waals surface area contributed by atoms with Gasteiger partial charge in [-0.1, -0.05) is 18.2 Å². The van der Waals surface area contributed by atoms with E-state index in [2.05, 4.69) is 4.74 Å². The van der Waals surface area contributed by atoms with E-state index in [0.717, 1.165) is 5.75 Å². The van der Waals surface area contributed by atoms with Crippen LogP contribution in [-0.4, -0.2) is 72.5 Å². The van der Waals surface area contributed by atoms with Crippen LogP contribution in [0.2, 0.25) is 0 Å². The summed E-state index contributed by atoms with van der Waals surface area (Å²) in [6, 6.07) is 9.63. The SMILES string of the molecule is COC(=O)CCOCCOCCOCCOCCOc1ccccc1. The molecule has 0 radical (unpaired) electrons. The fourth-order valence-corrected chi connectivity index (χ4v) is 1.75. The van der Waals surface area contributed by atoms with Gasteiger partial charge in [0.05, 0.1) is 66.4 Å². The molecule has 7 nitrogen and oxygen atoms in total. The zero-order chi connectivity index (χ0) is 18.0. The van der Waals surface area contributed by atoms with Crippen molar-refractivity contribution < 1.29 is 33.2 Å². The molecule has 0 aliphatic carbocycles. The predicted molar refractivity (Wildman–Crippen MR) is 91.8 cm³/mol. The number of para-hydroxylation sites is 1. The minimum atomic E-state index is -0.275. The third-order valence-electron chi connectivity index (χ3n) is 3.03. The molecule has 0 heterocycles. The van der Waals surface area contributed by atoms with Gasteiger partial charge in [-0.2, -0.15) is 0 Å². The van der Waals surface area contributed by atoms with Gasteiger partial charge in [-0.05, 0) is 12.1 Å². The molecule has 142 valence electrons. The Morgan fingerprint density at radius 3 is 1.72 bits per heavy atom. The number of hydrogen-bond donors (Lipinski definition) is 0. The van der Waals surface area contributed by atoms with Crippen LogP contribution in [0, 0.1) is 0 Å². The topological polar surface area (TPSA) is 72.5 Å². The van der Waals surface area contributed by atoms with Crippen molar-refractivity contribution in [2.75, 3.05) is 66.6 Å². The van der Waals surface area contributed by atoms with Crippen molar-refractivity contribution in [1.82, 2.24) is 0 Å². The summed E-state index contributed by atoms with van der Waals surface area (Å²) in [5.41, 5.74) is 0. The number of esters is 1. The van der Waals surface area contributed by atoms with Crippen LogP contribution in [0.25, 0.3) is 0 Å². The molecule has 0 saturated carbocycles. The molecule has 0 spiro atoms. The third kappa shape index (κ3) is 13.3. The molecule has 1 aromatic rings. The van der Waals surface area contributed by atoms with Crippen LogP contribution in [0.5, 0.6) is 5.75 Å². The first-order valence-corrected chi connectivity index (χ1v) is 8.38. The van der Waals surface area contributed by atoms with Crippen molar-refractivity contribution >= 4 is 5.97 Å². The molecule has 0 unspecified atom stereocenters. The summed E-state index contributed by atoms with van der Waals surface area (Å²) in [6.07, 6.45) is 0.260. The van der Waals surface area contributed by atoms with Gasteiger partial charge < -0.3 is 28.4 Å². The Balaban J connectivity index is 1.73. The second kappa shape index (κ2) is 15.8. The maximum Gasteiger partial charge on any atom is 0.307 e. The smallest absolute Gasteiger partial charge is 0.307 e. The standard InChI is InChI=1S/C18H28O7/c1-20-18(19)7-8-21-9-10-22-11-12-23-13-14-24-15-16-25-17-5-3-2-4-6-17/h2-6H,7-16H2,1H3. The fourth-order valence-electron chi connectivity index (χ4n) is 1.75. The molecule has 0 aromatic heterocycles. The molecule has 0 bridgehead atoms. The van der Waals surface area contributed by atoms with E-state index >= 15 is 0 Å². The largest absolute Gasteiger partial charge is 0.491 e. The molecule has 25 heavy (non-hydrogen) atoms. The number of methoxy groups -OCH3 is 1. The summed E-state index contributed by atoms with van der Waals surface area (Å²) < 4.78 is 31.3. The van der Waals surface area contributed by atoms with Crippen LogP contribution in [0.15, 0.2) is 30.3 Å². The second-order valence-corrected chi connectivity index (χ2v) is 4.94. The second-order valence-electron chi connectivity index (χ2n) is 4.94. The van der Waals surface area contributed by atoms with Gasteiger partial charge in [-0.25, -0.2) is 0 Å². The highest BCUT2D eigenvalue weighted by atomic mass is 16.6. The molecular weight excluding hydrogens is 328 g/mol. The van der Waals surface area contributed by atoms with E-state index < -0.39 is 0 Å². The van der Waals surface area contributed by atoms with E-state index in [9.17, 15) is 4.79 Å². The average Bonchev–Trinajstić information content (AvgIpc) is 2.65. The molecule has 0 fully saturated rings. The van der Waals surface area contributed by atoms with Gasteiger partial charge in [-0.3, -0.25) is 4.79 Å². The first-order valence-electron chi connectivity index (χ1n) is 8.38. The van der Waals surface area contributed by atoms with Crippen LogP contribution in [-0.2, 0) is 28.5 Å². The molecule has 0 aliphatic rings. The van der Waals surface area contributed by atoms with Gasteiger partial charge in [0.2, 0.25) is 0 Å². The van der Waals surface area contributed by atoms with E-state index in [-0.39, 0.29) is 12.4 Å². The highest BCUT2D eigenvalue weighted by Crippen LogP contribution is 2.07. The van der Waals surface area contributed by atoms with Crippen molar-refractivity contribution in [2.45, 2.75) is 6.42 Å². The van der Waals surface area contributed by atoms with Gasteiger partial charge >= 0.3 is 5.97 Å². The third-order valence-corrected chi connectivity index (χ3v) is 3.03. The Bertz CT molecular complexity index is 425. The van der Waals surface area contributed by atoms with Crippen molar-refractivity contribution in [3.63, 3.8) is 0 Å². The van der Waals surface area contributed by atoms with Crippen LogP contribution >= 0.6 is 0 Å². The van der Waals surface area contributed by atoms with Gasteiger partial charge in [0.15, 0.2) is 0 Å². The highest BCUT2D eigenvalue weighted by Gasteiger charge is 1.99. The number of carbonyl (C=O) groups is 1. The van der Waals surface area contributed by atoms with Crippen molar-refractivity contribution in [3.8, 4) is 5.75 Å². The van der Waals surface area contributed by atoms with Crippen LogP contribution in [0.4, 0.5) is 0 Å². The van der Waals surface area contributed by atoms with Gasteiger partial charge in [-0.15, -0.1) is 0 Å². The molecule has 0 atom stereocenters. The van der Waals surface area contributed by atoms with E-state index in [1.54, 1.807) is 0 Å². The minimum absolute atomic E-state index is 0.260.